The molecule has 1 aromatic rings. The van der Waals surface area contributed by atoms with Crippen LogP contribution in [0.25, 0.3) is 0 Å². The molecule has 3 rings (SSSR count). The van der Waals surface area contributed by atoms with Crippen LogP contribution in [-0.4, -0.2) is 49.7 Å². The number of anilines is 1. The molecule has 0 aromatic heterocycles. The van der Waals surface area contributed by atoms with Gasteiger partial charge in [0.05, 0.1) is 19.8 Å². The third-order valence-corrected chi connectivity index (χ3v) is 4.57. The molecule has 1 heterocycles. The minimum atomic E-state index is 0.393. The molecule has 1 fully saturated rings. The van der Waals surface area contributed by atoms with Gasteiger partial charge < -0.3 is 15.8 Å². The van der Waals surface area contributed by atoms with Gasteiger partial charge in [0, 0.05) is 24.8 Å². The SMILES string of the molecule is CC(CN=C(N)Nc1ccc2c(c1)CCC2)N1CCOCC1. The van der Waals surface area contributed by atoms with Gasteiger partial charge in [-0.1, -0.05) is 6.07 Å². The Labute approximate surface area is 132 Å². The first kappa shape index (κ1) is 15.3. The standard InChI is InChI=1S/C17H26N4O/c1-13(21-7-9-22-10-8-21)12-19-17(18)20-16-6-5-14-3-2-4-15(14)11-16/h5-6,11,13H,2-4,7-10,12H2,1H3,(H3,18,19,20). The fourth-order valence-electron chi connectivity index (χ4n) is 3.20. The Kier molecular flexibility index (Phi) is 4.95. The van der Waals surface area contributed by atoms with Gasteiger partial charge in [-0.15, -0.1) is 0 Å². The van der Waals surface area contributed by atoms with Crippen molar-refractivity contribution in [3.8, 4) is 0 Å². The second-order valence-electron chi connectivity index (χ2n) is 6.19. The van der Waals surface area contributed by atoms with Gasteiger partial charge >= 0.3 is 0 Å². The Bertz CT molecular complexity index is 537. The normalized spacial score (nSPS) is 20.7. The van der Waals surface area contributed by atoms with Gasteiger partial charge in [0.1, 0.15) is 0 Å². The number of hydrogen-bond acceptors (Lipinski definition) is 3. The average molecular weight is 302 g/mol. The Morgan fingerprint density at radius 1 is 1.32 bits per heavy atom. The lowest BCUT2D eigenvalue weighted by Crippen LogP contribution is -2.43. The zero-order valence-corrected chi connectivity index (χ0v) is 13.3. The maximum atomic E-state index is 6.02. The predicted molar refractivity (Wildman–Crippen MR) is 90.4 cm³/mol. The lowest BCUT2D eigenvalue weighted by molar-refractivity contribution is 0.0221. The van der Waals surface area contributed by atoms with Crippen LogP contribution in [0.15, 0.2) is 23.2 Å². The van der Waals surface area contributed by atoms with Gasteiger partial charge in [0.25, 0.3) is 0 Å². The molecule has 2 aliphatic rings. The number of rotatable bonds is 4. The van der Waals surface area contributed by atoms with Crippen molar-refractivity contribution >= 4 is 11.6 Å². The van der Waals surface area contributed by atoms with E-state index in [1.807, 2.05) is 0 Å². The molecule has 1 atom stereocenters. The zero-order valence-electron chi connectivity index (χ0n) is 13.3. The van der Waals surface area contributed by atoms with Crippen LogP contribution in [0.2, 0.25) is 0 Å². The molecule has 1 aliphatic carbocycles. The molecule has 22 heavy (non-hydrogen) atoms. The minimum Gasteiger partial charge on any atom is -0.379 e. The van der Waals surface area contributed by atoms with Gasteiger partial charge in [-0.3, -0.25) is 9.89 Å². The van der Waals surface area contributed by atoms with Crippen LogP contribution in [0.3, 0.4) is 0 Å². The van der Waals surface area contributed by atoms with E-state index in [-0.39, 0.29) is 0 Å². The number of morpholine rings is 1. The quantitative estimate of drug-likeness (QED) is 0.655. The highest BCUT2D eigenvalue weighted by molar-refractivity contribution is 5.92. The van der Waals surface area contributed by atoms with E-state index in [2.05, 4.69) is 40.3 Å². The molecular weight excluding hydrogens is 276 g/mol. The molecule has 1 unspecified atom stereocenters. The summed E-state index contributed by atoms with van der Waals surface area (Å²) in [6, 6.07) is 6.90. The third kappa shape index (κ3) is 3.78. The third-order valence-electron chi connectivity index (χ3n) is 4.57. The number of benzene rings is 1. The Morgan fingerprint density at radius 2 is 2.09 bits per heavy atom. The summed E-state index contributed by atoms with van der Waals surface area (Å²) in [5.41, 5.74) is 9.99. The molecule has 3 N–H and O–H groups in total. The Hall–Kier alpha value is -1.59. The van der Waals surface area contributed by atoms with Crippen molar-refractivity contribution in [2.45, 2.75) is 32.2 Å². The fourth-order valence-corrected chi connectivity index (χ4v) is 3.20. The molecule has 0 bridgehead atoms. The lowest BCUT2D eigenvalue weighted by Gasteiger charge is -2.31. The first-order valence-corrected chi connectivity index (χ1v) is 8.23. The smallest absolute Gasteiger partial charge is 0.193 e. The van der Waals surface area contributed by atoms with Gasteiger partial charge in [0.2, 0.25) is 0 Å². The molecule has 1 aromatic carbocycles. The van der Waals surface area contributed by atoms with E-state index in [1.54, 1.807) is 0 Å². The number of aryl methyl sites for hydroxylation is 2. The lowest BCUT2D eigenvalue weighted by atomic mass is 10.1. The number of nitrogens with one attached hydrogen (secondary N) is 1. The average Bonchev–Trinajstić information content (AvgIpc) is 3.01. The molecule has 0 amide bonds. The molecule has 120 valence electrons. The molecule has 5 heteroatoms. The Balaban J connectivity index is 1.53. The van der Waals surface area contributed by atoms with Crippen molar-refractivity contribution in [3.63, 3.8) is 0 Å². The van der Waals surface area contributed by atoms with E-state index < -0.39 is 0 Å². The zero-order chi connectivity index (χ0) is 15.4. The summed E-state index contributed by atoms with van der Waals surface area (Å²) in [6.07, 6.45) is 3.64. The van der Waals surface area contributed by atoms with Crippen LogP contribution in [0, 0.1) is 0 Å². The highest BCUT2D eigenvalue weighted by Crippen LogP contribution is 2.24. The number of hydrogen-bond donors (Lipinski definition) is 2. The maximum absolute atomic E-state index is 6.02. The first-order chi connectivity index (χ1) is 10.7. The number of fused-ring (bicyclic) bond motifs is 1. The highest BCUT2D eigenvalue weighted by atomic mass is 16.5. The van der Waals surface area contributed by atoms with Crippen molar-refractivity contribution in [3.05, 3.63) is 29.3 Å². The van der Waals surface area contributed by atoms with E-state index in [4.69, 9.17) is 10.5 Å². The number of aliphatic imine (C=N–C) groups is 1. The monoisotopic (exact) mass is 302 g/mol. The van der Waals surface area contributed by atoms with Crippen LogP contribution in [0.1, 0.15) is 24.5 Å². The van der Waals surface area contributed by atoms with Crippen molar-refractivity contribution in [1.82, 2.24) is 4.90 Å². The van der Waals surface area contributed by atoms with E-state index in [1.165, 1.54) is 30.4 Å². The molecule has 0 radical (unpaired) electrons. The minimum absolute atomic E-state index is 0.393. The van der Waals surface area contributed by atoms with Gasteiger partial charge in [-0.25, -0.2) is 0 Å². The van der Waals surface area contributed by atoms with Crippen molar-refractivity contribution in [2.24, 2.45) is 10.7 Å². The second kappa shape index (κ2) is 7.11. The van der Waals surface area contributed by atoms with E-state index >= 15 is 0 Å². The summed E-state index contributed by atoms with van der Waals surface area (Å²) in [6.45, 7) is 6.50. The summed E-state index contributed by atoms with van der Waals surface area (Å²) in [5.74, 6) is 0.498. The van der Waals surface area contributed by atoms with E-state index in [0.29, 0.717) is 18.5 Å². The van der Waals surface area contributed by atoms with Crippen LogP contribution in [0.4, 0.5) is 5.69 Å². The summed E-state index contributed by atoms with van der Waals surface area (Å²) >= 11 is 0. The number of nitrogens with zero attached hydrogens (tertiary/aromatic N) is 2. The van der Waals surface area contributed by atoms with Gasteiger partial charge in [-0.05, 0) is 49.4 Å². The maximum Gasteiger partial charge on any atom is 0.193 e. The first-order valence-electron chi connectivity index (χ1n) is 8.23. The number of guanidine groups is 1. The molecule has 5 nitrogen and oxygen atoms in total. The number of nitrogens with two attached hydrogens (primary N) is 1. The van der Waals surface area contributed by atoms with Crippen LogP contribution >= 0.6 is 0 Å². The topological polar surface area (TPSA) is 62.9 Å². The Morgan fingerprint density at radius 3 is 2.91 bits per heavy atom. The van der Waals surface area contributed by atoms with Crippen LogP contribution in [-0.2, 0) is 17.6 Å². The predicted octanol–water partition coefficient (Wildman–Crippen LogP) is 1.62. The fraction of sp³-hybridized carbons (Fsp3) is 0.588. The van der Waals surface area contributed by atoms with E-state index in [0.717, 1.165) is 32.0 Å². The van der Waals surface area contributed by atoms with Crippen molar-refractivity contribution < 1.29 is 4.74 Å². The molecule has 0 saturated carbocycles. The van der Waals surface area contributed by atoms with Crippen molar-refractivity contribution in [2.75, 3.05) is 38.2 Å². The van der Waals surface area contributed by atoms with Crippen LogP contribution in [0.5, 0.6) is 0 Å². The highest BCUT2D eigenvalue weighted by Gasteiger charge is 2.16. The number of ether oxygens (including phenoxy) is 1. The van der Waals surface area contributed by atoms with E-state index in [9.17, 15) is 0 Å². The molecule has 1 saturated heterocycles. The molecule has 0 spiro atoms. The van der Waals surface area contributed by atoms with Gasteiger partial charge in [0.15, 0.2) is 5.96 Å². The molecular formula is C17H26N4O. The van der Waals surface area contributed by atoms with Crippen molar-refractivity contribution in [1.29, 1.82) is 0 Å². The molecule has 1 aliphatic heterocycles. The van der Waals surface area contributed by atoms with Gasteiger partial charge in [-0.2, -0.15) is 0 Å². The second-order valence-corrected chi connectivity index (χ2v) is 6.19. The summed E-state index contributed by atoms with van der Waals surface area (Å²) in [4.78, 5) is 6.89. The summed E-state index contributed by atoms with van der Waals surface area (Å²) in [7, 11) is 0. The summed E-state index contributed by atoms with van der Waals surface area (Å²) < 4.78 is 5.38. The largest absolute Gasteiger partial charge is 0.379 e. The van der Waals surface area contributed by atoms with Crippen LogP contribution < -0.4 is 11.1 Å². The summed E-state index contributed by atoms with van der Waals surface area (Å²) in [5, 5.41) is 3.21.